The number of aromatic nitrogens is 2. The Balaban J connectivity index is 0.712. The number of imidazole rings is 1. The van der Waals surface area contributed by atoms with Crippen LogP contribution in [0.15, 0.2) is 102 Å². The number of rotatable bonds is 20. The highest BCUT2D eigenvalue weighted by Crippen LogP contribution is 2.38. The molecule has 4 N–H and O–H groups in total. The molecule has 1 atom stereocenters. The van der Waals surface area contributed by atoms with Crippen molar-refractivity contribution in [1.82, 2.24) is 29.0 Å². The van der Waals surface area contributed by atoms with Crippen LogP contribution in [0.2, 0.25) is 0 Å². The highest BCUT2D eigenvalue weighted by Gasteiger charge is 2.46. The summed E-state index contributed by atoms with van der Waals surface area (Å²) in [5, 5.41) is 21.3. The number of anilines is 1. The van der Waals surface area contributed by atoms with Crippen LogP contribution in [0.4, 0.5) is 18.9 Å². The number of piperidine rings is 1. The molecule has 72 heavy (non-hydrogen) atoms. The second-order valence-corrected chi connectivity index (χ2v) is 18.2. The molecular weight excluding hydrogens is 940 g/mol. The first-order valence-electron chi connectivity index (χ1n) is 23.3. The highest BCUT2D eigenvalue weighted by atomic mass is 19.4. The molecule has 1 unspecified atom stereocenters. The SMILES string of the molecule is CN(C=N)C(=N)CC1(c2cccc(-n3cc4c(C(F)(F)F)cc(CN5CC=C(OCCOCc6ccc(COCCNc7cccc8c7C(=O)N(C7CCC(=O)NC7=O)C8=O)cc6)C5)cn4c3=O)c2)COC1. The average molecular weight is 992 g/mol. The molecule has 6 heterocycles. The smallest absolute Gasteiger partial charge is 0.418 e. The number of amides is 4. The lowest BCUT2D eigenvalue weighted by Gasteiger charge is -2.42. The van der Waals surface area contributed by atoms with Crippen LogP contribution in [-0.4, -0.2) is 125 Å². The Kier molecular flexibility index (Phi) is 14.2. The number of ether oxygens (including phenoxy) is 4. The molecule has 21 heteroatoms. The second kappa shape index (κ2) is 20.7. The van der Waals surface area contributed by atoms with Crippen LogP contribution in [0, 0.1) is 10.8 Å². The molecule has 2 saturated heterocycles. The van der Waals surface area contributed by atoms with E-state index in [1.807, 2.05) is 41.3 Å². The average Bonchev–Trinajstić information content (AvgIpc) is 4.02. The predicted molar refractivity (Wildman–Crippen MR) is 256 cm³/mol. The van der Waals surface area contributed by atoms with Gasteiger partial charge in [-0.3, -0.25) is 54.1 Å². The molecule has 0 saturated carbocycles. The summed E-state index contributed by atoms with van der Waals surface area (Å²) in [6, 6.07) is 19.6. The molecule has 18 nitrogen and oxygen atoms in total. The first kappa shape index (κ1) is 49.5. The Morgan fingerprint density at radius 2 is 1.67 bits per heavy atom. The number of carbonyl (C=O) groups is 4. The minimum Gasteiger partial charge on any atom is -0.494 e. The number of pyridine rings is 1. The molecule has 0 radical (unpaired) electrons. The van der Waals surface area contributed by atoms with Gasteiger partial charge < -0.3 is 29.2 Å². The first-order chi connectivity index (χ1) is 34.6. The van der Waals surface area contributed by atoms with E-state index in [0.29, 0.717) is 82.0 Å². The van der Waals surface area contributed by atoms with Crippen LogP contribution < -0.4 is 16.3 Å². The fraction of sp³-hybridized carbons (Fsp3) is 0.353. The van der Waals surface area contributed by atoms with Crippen LogP contribution in [0.3, 0.4) is 0 Å². The zero-order valence-electron chi connectivity index (χ0n) is 39.3. The third-order valence-corrected chi connectivity index (χ3v) is 13.2. The number of amidine groups is 1. The van der Waals surface area contributed by atoms with Gasteiger partial charge in [0.1, 0.15) is 24.2 Å². The van der Waals surface area contributed by atoms with Crippen LogP contribution in [0.5, 0.6) is 0 Å². The minimum absolute atomic E-state index is 0.0384. The summed E-state index contributed by atoms with van der Waals surface area (Å²) in [7, 11) is 1.61. The van der Waals surface area contributed by atoms with Gasteiger partial charge in [0, 0.05) is 63.0 Å². The van der Waals surface area contributed by atoms with Gasteiger partial charge in [-0.15, -0.1) is 0 Å². The maximum atomic E-state index is 14.6. The molecular formula is C51H52F3N9O9. The number of nitrogens with one attached hydrogen (secondary N) is 4. The van der Waals surface area contributed by atoms with Gasteiger partial charge in [0.25, 0.3) is 11.8 Å². The molecule has 4 aliphatic heterocycles. The van der Waals surface area contributed by atoms with Crippen LogP contribution in [0.1, 0.15) is 67.8 Å². The van der Waals surface area contributed by atoms with Gasteiger partial charge in [-0.05, 0) is 65.1 Å². The molecule has 4 aliphatic rings. The van der Waals surface area contributed by atoms with Gasteiger partial charge in [0.2, 0.25) is 11.8 Å². The van der Waals surface area contributed by atoms with Crippen molar-refractivity contribution in [3.63, 3.8) is 0 Å². The van der Waals surface area contributed by atoms with Gasteiger partial charge in [-0.25, -0.2) is 4.79 Å². The van der Waals surface area contributed by atoms with Crippen molar-refractivity contribution >= 4 is 47.0 Å². The zero-order chi connectivity index (χ0) is 50.7. The van der Waals surface area contributed by atoms with Crippen LogP contribution >= 0.6 is 0 Å². The maximum absolute atomic E-state index is 14.6. The van der Waals surface area contributed by atoms with Crippen molar-refractivity contribution in [1.29, 1.82) is 10.8 Å². The topological polar surface area (TPSA) is 213 Å². The summed E-state index contributed by atoms with van der Waals surface area (Å²) in [6.07, 6.45) is 1.23. The van der Waals surface area contributed by atoms with Crippen molar-refractivity contribution in [2.24, 2.45) is 0 Å². The van der Waals surface area contributed by atoms with Crippen LogP contribution in [-0.2, 0) is 59.9 Å². The van der Waals surface area contributed by atoms with Crippen molar-refractivity contribution in [2.75, 3.05) is 65.0 Å². The van der Waals surface area contributed by atoms with E-state index in [0.717, 1.165) is 38.4 Å². The Labute approximate surface area is 410 Å². The van der Waals surface area contributed by atoms with Gasteiger partial charge in [0.15, 0.2) is 0 Å². The fourth-order valence-electron chi connectivity index (χ4n) is 9.30. The van der Waals surface area contributed by atoms with Gasteiger partial charge in [-0.2, -0.15) is 13.2 Å². The number of nitrogens with zero attached hydrogens (tertiary/aromatic N) is 5. The third-order valence-electron chi connectivity index (χ3n) is 13.2. The summed E-state index contributed by atoms with van der Waals surface area (Å²) in [5.74, 6) is -1.39. The lowest BCUT2D eigenvalue weighted by molar-refractivity contribution is -0.137. The molecule has 376 valence electrons. The molecule has 5 aromatic rings. The van der Waals surface area contributed by atoms with E-state index in [1.54, 1.807) is 37.4 Å². The van der Waals surface area contributed by atoms with E-state index in [4.69, 9.17) is 29.8 Å². The monoisotopic (exact) mass is 991 g/mol. The van der Waals surface area contributed by atoms with E-state index in [-0.39, 0.29) is 54.9 Å². The summed E-state index contributed by atoms with van der Waals surface area (Å²) < 4.78 is 69.1. The van der Waals surface area contributed by atoms with Gasteiger partial charge in [0.05, 0.1) is 80.4 Å². The van der Waals surface area contributed by atoms with E-state index in [1.165, 1.54) is 27.9 Å². The number of alkyl halides is 3. The largest absolute Gasteiger partial charge is 0.494 e. The first-order valence-corrected chi connectivity index (χ1v) is 23.3. The molecule has 2 aromatic heterocycles. The van der Waals surface area contributed by atoms with Gasteiger partial charge in [-0.1, -0.05) is 42.5 Å². The van der Waals surface area contributed by atoms with Crippen molar-refractivity contribution in [2.45, 2.75) is 56.7 Å². The lowest BCUT2D eigenvalue weighted by atomic mass is 9.75. The maximum Gasteiger partial charge on any atom is 0.418 e. The highest BCUT2D eigenvalue weighted by molar-refractivity contribution is 6.25. The summed E-state index contributed by atoms with van der Waals surface area (Å²) in [6.45, 7) is 3.44. The molecule has 9 rings (SSSR count). The Morgan fingerprint density at radius 3 is 2.36 bits per heavy atom. The number of imide groups is 2. The number of hydrogen-bond donors (Lipinski definition) is 4. The lowest BCUT2D eigenvalue weighted by Crippen LogP contribution is -2.54. The van der Waals surface area contributed by atoms with E-state index >= 15 is 0 Å². The molecule has 3 aromatic carbocycles. The Bertz CT molecular complexity index is 3040. The predicted octanol–water partition coefficient (Wildman–Crippen LogP) is 5.25. The fourth-order valence-corrected chi connectivity index (χ4v) is 9.30. The molecule has 0 aliphatic carbocycles. The number of benzene rings is 3. The number of hydrogen-bond acceptors (Lipinski definition) is 13. The quantitative estimate of drug-likeness (QED) is 0.0341. The second-order valence-electron chi connectivity index (χ2n) is 18.2. The number of carbonyl (C=O) groups excluding carboxylic acids is 4. The number of halogens is 3. The summed E-state index contributed by atoms with van der Waals surface area (Å²) in [5.41, 5.74) is 1.72. The zero-order valence-corrected chi connectivity index (χ0v) is 39.3. The Hall–Kier alpha value is -7.46. The van der Waals surface area contributed by atoms with Crippen LogP contribution in [0.25, 0.3) is 11.2 Å². The van der Waals surface area contributed by atoms with Gasteiger partial charge >= 0.3 is 11.9 Å². The summed E-state index contributed by atoms with van der Waals surface area (Å²) in [4.78, 5) is 68.5. The summed E-state index contributed by atoms with van der Waals surface area (Å²) >= 11 is 0. The molecule has 2 fully saturated rings. The van der Waals surface area contributed by atoms with E-state index in [9.17, 15) is 37.1 Å². The van der Waals surface area contributed by atoms with E-state index in [2.05, 4.69) is 10.6 Å². The molecule has 4 amide bonds. The Morgan fingerprint density at radius 1 is 0.931 bits per heavy atom. The standard InChI is InChI=1S/C51H52F3N9O9/c1-59(31-55)43(56)22-50(29-71-30-50)35-4-2-5-36(21-35)61-26-42-39(51(52,53)54)20-34(24-62(42)49(61)68)23-60-16-14-37(25-60)72-19-18-70-28-33-10-8-32(9-11-33)27-69-17-15-57-40-7-3-6-38-45(40)48(67)63(47(38)66)41-12-13-44(64)58-46(41)65/h2-11,14,20-21,24,26,31,41,55-57H,12-13,15-19,22-23,25,27-30H2,1H3,(H,58,64,65). The van der Waals surface area contributed by atoms with Crippen molar-refractivity contribution < 1.29 is 51.3 Å². The van der Waals surface area contributed by atoms with E-state index < -0.39 is 52.5 Å². The minimum atomic E-state index is -4.74. The number of fused-ring (bicyclic) bond motifs is 2. The molecule has 0 spiro atoms. The normalized spacial score (nSPS) is 17.7. The van der Waals surface area contributed by atoms with Crippen molar-refractivity contribution in [3.8, 4) is 5.69 Å². The third kappa shape index (κ3) is 10.3. The van der Waals surface area contributed by atoms with Crippen molar-refractivity contribution in [3.05, 3.63) is 146 Å². The molecule has 0 bridgehead atoms.